The Bertz CT molecular complexity index is 11.0. The van der Waals surface area contributed by atoms with E-state index in [9.17, 15) is 0 Å². The van der Waals surface area contributed by atoms with Crippen molar-refractivity contribution in [2.24, 2.45) is 0 Å². The summed E-state index contributed by atoms with van der Waals surface area (Å²) in [6.07, 6.45) is 0. The van der Waals surface area contributed by atoms with E-state index in [2.05, 4.69) is 0 Å². The molecule has 0 aliphatic carbocycles. The van der Waals surface area contributed by atoms with Crippen molar-refractivity contribution < 1.29 is 136 Å². The van der Waals surface area contributed by atoms with Gasteiger partial charge in [0, 0.05) is 23.9 Å². The van der Waals surface area contributed by atoms with Gasteiger partial charge >= 0.3 is 103 Å². The molecule has 9 heteroatoms. The predicted molar refractivity (Wildman–Crippen MR) is 24.1 cm³/mol. The maximum absolute atomic E-state index is 0. The average molecular weight is 303 g/mol. The van der Waals surface area contributed by atoms with Gasteiger partial charge in [0.25, 0.3) is 0 Å². The molecule has 0 aromatic carbocycles. The summed E-state index contributed by atoms with van der Waals surface area (Å²) in [7, 11) is 0. The zero-order valence-corrected chi connectivity index (χ0v) is 14.5. The molecule has 9 heavy (non-hydrogen) atoms. The molecule has 0 heterocycles. The smallest absolute Gasteiger partial charge is 0.870 e. The molecule has 0 aliphatic rings. The molecule has 0 saturated heterocycles. The van der Waals surface area contributed by atoms with Gasteiger partial charge in [-0.05, 0) is 0 Å². The molecule has 0 unspecified atom stereocenters. The van der Waals surface area contributed by atoms with Crippen LogP contribution in [0.4, 0.5) is 0 Å². The van der Waals surface area contributed by atoms with E-state index in [1.165, 1.54) is 0 Å². The molecular formula is H10K2O6Sn. The normalized spacial score (nSPS) is 0. The molecule has 0 saturated carbocycles. The van der Waals surface area contributed by atoms with Gasteiger partial charge in [-0.3, -0.25) is 0 Å². The van der Waals surface area contributed by atoms with Crippen LogP contribution in [-0.4, -0.2) is 56.8 Å². The number of hydrogen-bond donors (Lipinski definition) is 0. The van der Waals surface area contributed by atoms with Crippen molar-refractivity contribution in [3.05, 3.63) is 0 Å². The SMILES string of the molecule is O.O.O.O.[K+].[K+].[OH-].[OH-].[Sn]. The van der Waals surface area contributed by atoms with Crippen LogP contribution in [0.5, 0.6) is 0 Å². The molecule has 0 atom stereocenters. The average Bonchev–Trinajstić information content (AvgIpc) is 0. The Hall–Kier alpha value is 3.83. The summed E-state index contributed by atoms with van der Waals surface area (Å²) in [6.45, 7) is 0. The fourth-order valence-corrected chi connectivity index (χ4v) is 0. The van der Waals surface area contributed by atoms with Gasteiger partial charge in [-0.25, -0.2) is 0 Å². The third-order valence-electron chi connectivity index (χ3n) is 0. The molecule has 0 fully saturated rings. The second-order valence-corrected chi connectivity index (χ2v) is 0. The van der Waals surface area contributed by atoms with E-state index in [0.717, 1.165) is 0 Å². The zero-order valence-electron chi connectivity index (χ0n) is 5.39. The van der Waals surface area contributed by atoms with Crippen LogP contribution < -0.4 is 103 Å². The Kier molecular flexibility index (Phi) is 1290. The van der Waals surface area contributed by atoms with Crippen molar-refractivity contribution in [1.29, 1.82) is 0 Å². The molecule has 0 aromatic rings. The summed E-state index contributed by atoms with van der Waals surface area (Å²) < 4.78 is 0. The molecular weight excluding hydrogens is 293 g/mol. The Labute approximate surface area is 155 Å². The fourth-order valence-electron chi connectivity index (χ4n) is 0. The molecule has 0 rings (SSSR count). The monoisotopic (exact) mass is 304 g/mol. The fraction of sp³-hybridized carbons (Fsp3) is 0. The summed E-state index contributed by atoms with van der Waals surface area (Å²) in [5.41, 5.74) is 0. The van der Waals surface area contributed by atoms with Crippen LogP contribution in [0.25, 0.3) is 0 Å². The van der Waals surface area contributed by atoms with Crippen LogP contribution in [-0.2, 0) is 0 Å². The van der Waals surface area contributed by atoms with Crippen LogP contribution in [0, 0.1) is 0 Å². The summed E-state index contributed by atoms with van der Waals surface area (Å²) in [5, 5.41) is 0. The summed E-state index contributed by atoms with van der Waals surface area (Å²) in [5.74, 6) is 0. The van der Waals surface area contributed by atoms with Gasteiger partial charge in [-0.2, -0.15) is 0 Å². The standard InChI is InChI=1S/2K.6H2O.Sn/h;;6*1H2;/q2*+1;;;;;;;/p-2. The Balaban J connectivity index is 0. The van der Waals surface area contributed by atoms with Crippen LogP contribution >= 0.6 is 0 Å². The van der Waals surface area contributed by atoms with Crippen LogP contribution in [0.2, 0.25) is 0 Å². The second kappa shape index (κ2) is 94.6. The maximum atomic E-state index is 0. The third-order valence-corrected chi connectivity index (χ3v) is 0. The van der Waals surface area contributed by atoms with Crippen molar-refractivity contribution in [3.8, 4) is 0 Å². The van der Waals surface area contributed by atoms with Crippen molar-refractivity contribution in [3.63, 3.8) is 0 Å². The first-order valence-electron chi connectivity index (χ1n) is 0. The largest absolute Gasteiger partial charge is 1.00 e. The summed E-state index contributed by atoms with van der Waals surface area (Å²) >= 11 is 0. The van der Waals surface area contributed by atoms with Gasteiger partial charge in [0.15, 0.2) is 0 Å². The van der Waals surface area contributed by atoms with Crippen LogP contribution in [0.1, 0.15) is 0 Å². The predicted octanol–water partition coefficient (Wildman–Crippen LogP) is -10.0. The van der Waals surface area contributed by atoms with Gasteiger partial charge < -0.3 is 32.9 Å². The van der Waals surface area contributed by atoms with Gasteiger partial charge in [-0.15, -0.1) is 0 Å². The maximum Gasteiger partial charge on any atom is 1.00 e. The molecule has 52 valence electrons. The minimum absolute atomic E-state index is 0. The number of rotatable bonds is 0. The number of hydrogen-bond acceptors (Lipinski definition) is 2. The summed E-state index contributed by atoms with van der Waals surface area (Å²) in [6, 6.07) is 0. The van der Waals surface area contributed by atoms with E-state index in [0.29, 0.717) is 0 Å². The van der Waals surface area contributed by atoms with Gasteiger partial charge in [-0.1, -0.05) is 0 Å². The van der Waals surface area contributed by atoms with E-state index in [1.54, 1.807) is 0 Å². The zero-order chi connectivity index (χ0) is 0. The minimum Gasteiger partial charge on any atom is -0.870 e. The van der Waals surface area contributed by atoms with Crippen LogP contribution in [0.15, 0.2) is 0 Å². The first-order chi connectivity index (χ1) is 0. The Morgan fingerprint density at radius 2 is 0.444 bits per heavy atom. The quantitative estimate of drug-likeness (QED) is 0.402. The second-order valence-electron chi connectivity index (χ2n) is 0. The van der Waals surface area contributed by atoms with Crippen LogP contribution in [0.3, 0.4) is 0 Å². The Morgan fingerprint density at radius 3 is 0.444 bits per heavy atom. The van der Waals surface area contributed by atoms with Crippen molar-refractivity contribution >= 4 is 23.9 Å². The van der Waals surface area contributed by atoms with E-state index in [-0.39, 0.29) is 160 Å². The molecule has 0 aliphatic heterocycles. The van der Waals surface area contributed by atoms with E-state index < -0.39 is 0 Å². The molecule has 0 bridgehead atoms. The molecule has 0 spiro atoms. The summed E-state index contributed by atoms with van der Waals surface area (Å²) in [4.78, 5) is 0. The van der Waals surface area contributed by atoms with E-state index >= 15 is 0 Å². The molecule has 0 amide bonds. The van der Waals surface area contributed by atoms with Crippen molar-refractivity contribution in [2.75, 3.05) is 0 Å². The molecule has 6 nitrogen and oxygen atoms in total. The van der Waals surface area contributed by atoms with E-state index in [4.69, 9.17) is 0 Å². The van der Waals surface area contributed by atoms with E-state index in [1.807, 2.05) is 0 Å². The van der Waals surface area contributed by atoms with Crippen molar-refractivity contribution in [1.82, 2.24) is 0 Å². The molecule has 4 radical (unpaired) electrons. The first-order valence-corrected chi connectivity index (χ1v) is 0. The minimum atomic E-state index is 0. The van der Waals surface area contributed by atoms with Gasteiger partial charge in [0.2, 0.25) is 0 Å². The van der Waals surface area contributed by atoms with Gasteiger partial charge in [0.05, 0.1) is 0 Å². The van der Waals surface area contributed by atoms with Gasteiger partial charge in [0.1, 0.15) is 0 Å². The molecule has 0 aromatic heterocycles. The first kappa shape index (κ1) is 122. The topological polar surface area (TPSA) is 186 Å². The molecule has 10 N–H and O–H groups in total. The Morgan fingerprint density at radius 1 is 0.444 bits per heavy atom. The third kappa shape index (κ3) is 77.9. The van der Waals surface area contributed by atoms with Crippen molar-refractivity contribution in [2.45, 2.75) is 0 Å².